The number of hydrogen-bond acceptors (Lipinski definition) is 2. The van der Waals surface area contributed by atoms with Crippen molar-refractivity contribution in [2.75, 3.05) is 4.67 Å². The number of anilines is 2. The van der Waals surface area contributed by atoms with Gasteiger partial charge in [0.15, 0.2) is 0 Å². The van der Waals surface area contributed by atoms with Crippen LogP contribution in [0.1, 0.15) is 0 Å². The van der Waals surface area contributed by atoms with Crippen molar-refractivity contribution >= 4 is 40.0 Å². The van der Waals surface area contributed by atoms with Crippen molar-refractivity contribution in [1.82, 2.24) is 4.98 Å². The zero-order valence-corrected chi connectivity index (χ0v) is 17.5. The number of hydrogen-bond donors (Lipinski definition) is 0. The van der Waals surface area contributed by atoms with Crippen LogP contribution in [0.4, 0.5) is 11.4 Å². The molecule has 1 atom stereocenters. The molecule has 31 heavy (non-hydrogen) atoms. The molecule has 1 unspecified atom stereocenters. The average Bonchev–Trinajstić information content (AvgIpc) is 2.83. The second-order valence-electron chi connectivity index (χ2n) is 8.01. The molecule has 2 aliphatic heterocycles. The molecule has 0 radical (unpaired) electrons. The molecule has 0 saturated carbocycles. The number of rotatable bonds is 0. The summed E-state index contributed by atoms with van der Waals surface area (Å²) in [5.74, 6) is 0. The lowest BCUT2D eigenvalue weighted by Gasteiger charge is -2.44. The van der Waals surface area contributed by atoms with Crippen molar-refractivity contribution in [3.63, 3.8) is 0 Å². The molecule has 2 aliphatic rings. The molecule has 3 heterocycles. The van der Waals surface area contributed by atoms with Gasteiger partial charge in [-0.3, -0.25) is 14.2 Å². The van der Waals surface area contributed by atoms with Crippen molar-refractivity contribution in [3.05, 3.63) is 103 Å². The van der Waals surface area contributed by atoms with E-state index in [4.69, 9.17) is 4.98 Å². The monoisotopic (exact) mass is 416 g/mol. The second-order valence-corrected chi connectivity index (χ2v) is 10.5. The van der Waals surface area contributed by atoms with Gasteiger partial charge in [-0.25, -0.2) is 0 Å². The van der Waals surface area contributed by atoms with E-state index in [-0.39, 0.29) is 0 Å². The van der Waals surface area contributed by atoms with Gasteiger partial charge in [0.2, 0.25) is 7.29 Å². The average molecular weight is 416 g/mol. The van der Waals surface area contributed by atoms with Crippen LogP contribution in [0, 0.1) is 0 Å². The van der Waals surface area contributed by atoms with Crippen molar-refractivity contribution in [2.24, 2.45) is 0 Å². The van der Waals surface area contributed by atoms with Gasteiger partial charge in [0.25, 0.3) is 0 Å². The van der Waals surface area contributed by atoms with Gasteiger partial charge in [0.1, 0.15) is 0 Å². The van der Waals surface area contributed by atoms with E-state index in [1.165, 1.54) is 0 Å². The maximum atomic E-state index is 15.3. The van der Waals surface area contributed by atoms with Crippen LogP contribution in [0.2, 0.25) is 0 Å². The summed E-state index contributed by atoms with van der Waals surface area (Å²) in [5.41, 5.74) is 5.85. The molecule has 0 bridgehead atoms. The summed E-state index contributed by atoms with van der Waals surface area (Å²) in [6, 6.07) is 32.9. The van der Waals surface area contributed by atoms with Gasteiger partial charge in [-0.15, -0.1) is 0 Å². The first-order valence-electron chi connectivity index (χ1n) is 10.4. The Morgan fingerprint density at radius 3 is 2.16 bits per heavy atom. The van der Waals surface area contributed by atoms with Crippen LogP contribution in [0.25, 0.3) is 33.2 Å². The van der Waals surface area contributed by atoms with E-state index in [1.54, 1.807) is 0 Å². The van der Waals surface area contributed by atoms with Gasteiger partial charge in [0.05, 0.1) is 17.1 Å². The molecule has 7 rings (SSSR count). The number of aromatic nitrogens is 1. The first kappa shape index (κ1) is 17.0. The highest BCUT2D eigenvalue weighted by Gasteiger charge is 2.47. The summed E-state index contributed by atoms with van der Waals surface area (Å²) in [6.45, 7) is 0. The predicted molar refractivity (Wildman–Crippen MR) is 128 cm³/mol. The molecule has 4 heteroatoms. The van der Waals surface area contributed by atoms with Crippen LogP contribution in [0.3, 0.4) is 0 Å². The minimum atomic E-state index is -3.17. The molecular formula is C27H17N2OP. The van der Waals surface area contributed by atoms with Crippen LogP contribution < -0.4 is 15.3 Å². The number of benzene rings is 4. The van der Waals surface area contributed by atoms with Crippen molar-refractivity contribution in [3.8, 4) is 22.4 Å². The Morgan fingerprint density at radius 1 is 0.613 bits per heavy atom. The summed E-state index contributed by atoms with van der Waals surface area (Å²) in [6.07, 6.45) is 1.81. The normalized spacial score (nSPS) is 17.9. The maximum absolute atomic E-state index is 15.3. The molecule has 0 amide bonds. The zero-order valence-electron chi connectivity index (χ0n) is 16.6. The number of nitrogens with zero attached hydrogens (tertiary/aromatic N) is 2. The third kappa shape index (κ3) is 2.09. The highest BCUT2D eigenvalue weighted by Crippen LogP contribution is 2.65. The third-order valence-electron chi connectivity index (χ3n) is 6.39. The van der Waals surface area contributed by atoms with E-state index in [2.05, 4.69) is 53.2 Å². The standard InChI is InChI=1S/C27H17N2OP/c30-31-25-14-6-4-11-21(25)27-24(13-7-15-28-27)29(31)23-12-5-3-10-20(23)22-16-18-8-1-2-9-19(18)17-26(22)31/h1-17H. The molecule has 4 aromatic carbocycles. The third-order valence-corrected chi connectivity index (χ3v) is 9.46. The second kappa shape index (κ2) is 5.94. The molecule has 3 nitrogen and oxygen atoms in total. The van der Waals surface area contributed by atoms with Crippen LogP contribution >= 0.6 is 7.29 Å². The molecule has 5 aromatic rings. The van der Waals surface area contributed by atoms with E-state index in [0.717, 1.165) is 55.1 Å². The predicted octanol–water partition coefficient (Wildman–Crippen LogP) is 6.26. The number of pyridine rings is 1. The van der Waals surface area contributed by atoms with Crippen LogP contribution in [-0.4, -0.2) is 4.98 Å². The van der Waals surface area contributed by atoms with Gasteiger partial charge in [-0.05, 0) is 52.7 Å². The molecule has 0 spiro atoms. The van der Waals surface area contributed by atoms with Crippen molar-refractivity contribution < 1.29 is 4.57 Å². The Labute approximate surface area is 180 Å². The summed E-state index contributed by atoms with van der Waals surface area (Å²) in [4.78, 5) is 4.70. The highest BCUT2D eigenvalue weighted by atomic mass is 31.2. The molecule has 146 valence electrons. The van der Waals surface area contributed by atoms with Crippen molar-refractivity contribution in [1.29, 1.82) is 0 Å². The molecule has 0 saturated heterocycles. The molecule has 1 aromatic heterocycles. The molecule has 0 aliphatic carbocycles. The lowest BCUT2D eigenvalue weighted by atomic mass is 9.98. The maximum Gasteiger partial charge on any atom is 0.235 e. The van der Waals surface area contributed by atoms with Crippen molar-refractivity contribution in [2.45, 2.75) is 0 Å². The quantitative estimate of drug-likeness (QED) is 0.279. The Hall–Kier alpha value is -3.68. The molecule has 0 N–H and O–H groups in total. The summed E-state index contributed by atoms with van der Waals surface area (Å²) in [5, 5.41) is 4.01. The highest BCUT2D eigenvalue weighted by molar-refractivity contribution is 7.81. The largest absolute Gasteiger partial charge is 0.289 e. The van der Waals surface area contributed by atoms with Gasteiger partial charge in [-0.2, -0.15) is 0 Å². The summed E-state index contributed by atoms with van der Waals surface area (Å²) >= 11 is 0. The summed E-state index contributed by atoms with van der Waals surface area (Å²) < 4.78 is 17.4. The van der Waals surface area contributed by atoms with Gasteiger partial charge >= 0.3 is 0 Å². The SMILES string of the molecule is O=P12c3cc4ccccc4cc3-c3ccccc3N1c1cccnc1-c1ccccc12. The lowest BCUT2D eigenvalue weighted by Crippen LogP contribution is -2.37. The first-order valence-corrected chi connectivity index (χ1v) is 12.0. The molecule has 0 fully saturated rings. The Bertz CT molecular complexity index is 1590. The van der Waals surface area contributed by atoms with E-state index in [0.29, 0.717) is 0 Å². The Morgan fingerprint density at radius 2 is 1.29 bits per heavy atom. The Balaban J connectivity index is 1.70. The lowest BCUT2D eigenvalue weighted by molar-refractivity contribution is 0.586. The number of fused-ring (bicyclic) bond motifs is 12. The zero-order chi connectivity index (χ0) is 20.6. The topological polar surface area (TPSA) is 33.2 Å². The summed E-state index contributed by atoms with van der Waals surface area (Å²) in [7, 11) is -3.17. The minimum Gasteiger partial charge on any atom is -0.289 e. The fraction of sp³-hybridized carbons (Fsp3) is 0. The van der Waals surface area contributed by atoms with E-state index >= 15 is 4.57 Å². The molecular weight excluding hydrogens is 399 g/mol. The van der Waals surface area contributed by atoms with Gasteiger partial charge in [0, 0.05) is 27.9 Å². The fourth-order valence-corrected chi connectivity index (χ4v) is 8.33. The smallest absolute Gasteiger partial charge is 0.235 e. The first-order chi connectivity index (χ1) is 15.3. The van der Waals surface area contributed by atoms with Crippen LogP contribution in [-0.2, 0) is 4.57 Å². The van der Waals surface area contributed by atoms with Crippen LogP contribution in [0.15, 0.2) is 103 Å². The van der Waals surface area contributed by atoms with Gasteiger partial charge < -0.3 is 0 Å². The van der Waals surface area contributed by atoms with Crippen LogP contribution in [0.5, 0.6) is 0 Å². The fourth-order valence-electron chi connectivity index (χ4n) is 5.07. The number of para-hydroxylation sites is 1. The Kier molecular flexibility index (Phi) is 3.26. The van der Waals surface area contributed by atoms with E-state index in [9.17, 15) is 0 Å². The van der Waals surface area contributed by atoms with E-state index < -0.39 is 7.29 Å². The minimum absolute atomic E-state index is 0.854. The van der Waals surface area contributed by atoms with E-state index in [1.807, 2.05) is 54.7 Å². The van der Waals surface area contributed by atoms with Gasteiger partial charge in [-0.1, -0.05) is 60.7 Å².